The number of para-hydroxylation sites is 2. The molecule has 0 fully saturated rings. The molecule has 1 aliphatic heterocycles. The van der Waals surface area contributed by atoms with Crippen molar-refractivity contribution in [1.29, 1.82) is 0 Å². The molecule has 7 heteroatoms. The van der Waals surface area contributed by atoms with Crippen molar-refractivity contribution in [2.24, 2.45) is 4.99 Å². The Hall–Kier alpha value is -2.80. The van der Waals surface area contributed by atoms with Crippen molar-refractivity contribution >= 4 is 34.4 Å². The first-order chi connectivity index (χ1) is 12.7. The first-order valence-electron chi connectivity index (χ1n) is 8.14. The summed E-state index contributed by atoms with van der Waals surface area (Å²) in [7, 11) is 1.55. The quantitative estimate of drug-likeness (QED) is 0.849. The lowest BCUT2D eigenvalue weighted by molar-refractivity contribution is -0.120. The molecule has 26 heavy (non-hydrogen) atoms. The van der Waals surface area contributed by atoms with Crippen LogP contribution in [-0.2, 0) is 9.59 Å². The van der Waals surface area contributed by atoms with Gasteiger partial charge in [-0.1, -0.05) is 54.2 Å². The van der Waals surface area contributed by atoms with Crippen LogP contribution in [0.25, 0.3) is 0 Å². The van der Waals surface area contributed by atoms with Crippen molar-refractivity contribution in [2.45, 2.75) is 12.5 Å². The van der Waals surface area contributed by atoms with Crippen LogP contribution in [0, 0.1) is 0 Å². The topological polar surface area (TPSA) is 79.8 Å². The Bertz CT molecular complexity index is 824. The zero-order valence-electron chi connectivity index (χ0n) is 14.3. The van der Waals surface area contributed by atoms with E-state index < -0.39 is 0 Å². The molecule has 1 heterocycles. The number of benzene rings is 2. The number of amides is 2. The van der Waals surface area contributed by atoms with Gasteiger partial charge in [0.1, 0.15) is 5.75 Å². The van der Waals surface area contributed by atoms with Crippen molar-refractivity contribution in [3.05, 3.63) is 60.2 Å². The number of anilines is 1. The Morgan fingerprint density at radius 3 is 2.73 bits per heavy atom. The number of hydrogen-bond donors (Lipinski definition) is 2. The molecular formula is C19H19N3O3S. The van der Waals surface area contributed by atoms with Gasteiger partial charge in [-0.2, -0.15) is 0 Å². The summed E-state index contributed by atoms with van der Waals surface area (Å²) in [6.07, 6.45) is 0.307. The van der Waals surface area contributed by atoms with Gasteiger partial charge in [-0.3, -0.25) is 14.6 Å². The van der Waals surface area contributed by atoms with Gasteiger partial charge in [-0.25, -0.2) is 0 Å². The van der Waals surface area contributed by atoms with E-state index in [-0.39, 0.29) is 23.6 Å². The van der Waals surface area contributed by atoms with Crippen molar-refractivity contribution in [1.82, 2.24) is 5.32 Å². The minimum atomic E-state index is -0.218. The van der Waals surface area contributed by atoms with Crippen molar-refractivity contribution in [3.63, 3.8) is 0 Å². The van der Waals surface area contributed by atoms with Crippen LogP contribution in [0.15, 0.2) is 59.6 Å². The highest BCUT2D eigenvalue weighted by atomic mass is 32.2. The second kappa shape index (κ2) is 8.53. The number of thioether (sulfide) groups is 1. The van der Waals surface area contributed by atoms with Gasteiger partial charge in [0.15, 0.2) is 5.17 Å². The molecule has 0 saturated carbocycles. The van der Waals surface area contributed by atoms with Crippen LogP contribution in [-0.4, -0.2) is 29.8 Å². The minimum absolute atomic E-state index is 0.0958. The Morgan fingerprint density at radius 1 is 1.23 bits per heavy atom. The van der Waals surface area contributed by atoms with Gasteiger partial charge in [0, 0.05) is 0 Å². The summed E-state index contributed by atoms with van der Waals surface area (Å²) in [4.78, 5) is 28.7. The van der Waals surface area contributed by atoms with E-state index in [1.54, 1.807) is 19.2 Å². The molecule has 2 aromatic rings. The first-order valence-corrected chi connectivity index (χ1v) is 9.12. The molecule has 0 radical (unpaired) electrons. The van der Waals surface area contributed by atoms with E-state index in [4.69, 9.17) is 4.74 Å². The van der Waals surface area contributed by atoms with E-state index >= 15 is 0 Å². The zero-order valence-corrected chi connectivity index (χ0v) is 15.1. The fourth-order valence-electron chi connectivity index (χ4n) is 2.57. The summed E-state index contributed by atoms with van der Waals surface area (Å²) in [6.45, 7) is 0. The summed E-state index contributed by atoms with van der Waals surface area (Å²) in [5, 5.41) is 5.99. The fourth-order valence-corrected chi connectivity index (χ4v) is 3.30. The number of methoxy groups -OCH3 is 1. The Morgan fingerprint density at radius 2 is 1.96 bits per heavy atom. The first kappa shape index (κ1) is 18.0. The maximum absolute atomic E-state index is 12.2. The smallest absolute Gasteiger partial charge is 0.234 e. The molecule has 0 spiro atoms. The predicted octanol–water partition coefficient (Wildman–Crippen LogP) is 2.98. The second-order valence-corrected chi connectivity index (χ2v) is 6.61. The number of rotatable bonds is 5. The molecule has 1 aliphatic rings. The molecule has 2 aromatic carbocycles. The van der Waals surface area contributed by atoms with Crippen LogP contribution in [0.1, 0.15) is 18.0 Å². The van der Waals surface area contributed by atoms with Crippen molar-refractivity contribution in [3.8, 4) is 5.75 Å². The second-order valence-electron chi connectivity index (χ2n) is 5.65. The molecule has 2 N–H and O–H groups in total. The van der Waals surface area contributed by atoms with Gasteiger partial charge in [-0.15, -0.1) is 0 Å². The molecule has 134 valence electrons. The molecule has 6 nitrogen and oxygen atoms in total. The summed E-state index contributed by atoms with van der Waals surface area (Å²) in [5.41, 5.74) is 1.59. The number of amidine groups is 1. The van der Waals surface area contributed by atoms with Crippen LogP contribution in [0.5, 0.6) is 5.75 Å². The van der Waals surface area contributed by atoms with Crippen LogP contribution in [0.2, 0.25) is 0 Å². The van der Waals surface area contributed by atoms with Gasteiger partial charge in [0.05, 0.1) is 31.0 Å². The lowest BCUT2D eigenvalue weighted by Gasteiger charge is -2.20. The normalized spacial score (nSPS) is 16.4. The van der Waals surface area contributed by atoms with Crippen molar-refractivity contribution < 1.29 is 14.3 Å². The lowest BCUT2D eigenvalue weighted by atomic mass is 10.0. The molecule has 0 unspecified atom stereocenters. The third-order valence-corrected chi connectivity index (χ3v) is 4.69. The largest absolute Gasteiger partial charge is 0.495 e. The van der Waals surface area contributed by atoms with E-state index in [1.165, 1.54) is 11.8 Å². The van der Waals surface area contributed by atoms with Crippen LogP contribution in [0.3, 0.4) is 0 Å². The Balaban J connectivity index is 1.62. The van der Waals surface area contributed by atoms with Crippen LogP contribution in [0.4, 0.5) is 5.69 Å². The standard InChI is InChI=1S/C19H19N3O3S/c1-25-16-10-6-5-9-14(16)20-18(24)12-26-19-21-15(11-17(23)22-19)13-7-3-2-4-8-13/h2-10,15H,11-12H2,1H3,(H,20,24)(H,21,22,23)/t15-/m1/s1. The number of carbonyl (C=O) groups excluding carboxylic acids is 2. The molecule has 0 aromatic heterocycles. The Labute approximate surface area is 156 Å². The van der Waals surface area contributed by atoms with Crippen molar-refractivity contribution in [2.75, 3.05) is 18.2 Å². The maximum Gasteiger partial charge on any atom is 0.234 e. The van der Waals surface area contributed by atoms with Gasteiger partial charge in [0.2, 0.25) is 11.8 Å². The fraction of sp³-hybridized carbons (Fsp3) is 0.211. The number of nitrogens with zero attached hydrogens (tertiary/aromatic N) is 1. The average Bonchev–Trinajstić information content (AvgIpc) is 2.67. The van der Waals surface area contributed by atoms with E-state index in [0.717, 1.165) is 5.56 Å². The average molecular weight is 369 g/mol. The van der Waals surface area contributed by atoms with E-state index in [2.05, 4.69) is 15.6 Å². The molecule has 0 saturated heterocycles. The summed E-state index contributed by atoms with van der Waals surface area (Å²) in [5.74, 6) is 0.441. The Kier molecular flexibility index (Phi) is 5.91. The van der Waals surface area contributed by atoms with Gasteiger partial charge in [0.25, 0.3) is 0 Å². The van der Waals surface area contributed by atoms with E-state index in [0.29, 0.717) is 23.0 Å². The summed E-state index contributed by atoms with van der Waals surface area (Å²) >= 11 is 1.21. The number of hydrogen-bond acceptors (Lipinski definition) is 5. The highest BCUT2D eigenvalue weighted by Crippen LogP contribution is 2.26. The van der Waals surface area contributed by atoms with E-state index in [9.17, 15) is 9.59 Å². The monoisotopic (exact) mass is 369 g/mol. The number of carbonyl (C=O) groups is 2. The lowest BCUT2D eigenvalue weighted by Crippen LogP contribution is -2.35. The van der Waals surface area contributed by atoms with Gasteiger partial charge in [-0.05, 0) is 17.7 Å². The van der Waals surface area contributed by atoms with Gasteiger partial charge >= 0.3 is 0 Å². The molecule has 0 bridgehead atoms. The third kappa shape index (κ3) is 4.64. The highest BCUT2D eigenvalue weighted by molar-refractivity contribution is 8.14. The van der Waals surface area contributed by atoms with Crippen LogP contribution < -0.4 is 15.4 Å². The minimum Gasteiger partial charge on any atom is -0.495 e. The van der Waals surface area contributed by atoms with Gasteiger partial charge < -0.3 is 15.4 Å². The molecule has 1 atom stereocenters. The SMILES string of the molecule is COc1ccccc1NC(=O)CSC1=N[C@@H](c2ccccc2)CC(=O)N1. The third-order valence-electron chi connectivity index (χ3n) is 3.80. The maximum atomic E-state index is 12.2. The predicted molar refractivity (Wildman–Crippen MR) is 103 cm³/mol. The number of ether oxygens (including phenoxy) is 1. The molecule has 2 amide bonds. The van der Waals surface area contributed by atoms with E-state index in [1.807, 2.05) is 42.5 Å². The molecule has 0 aliphatic carbocycles. The van der Waals surface area contributed by atoms with Crippen LogP contribution >= 0.6 is 11.8 Å². The summed E-state index contributed by atoms with van der Waals surface area (Å²) in [6, 6.07) is 16.6. The zero-order chi connectivity index (χ0) is 18.4. The number of nitrogens with one attached hydrogen (secondary N) is 2. The molecular weight excluding hydrogens is 350 g/mol. The summed E-state index contributed by atoms with van der Waals surface area (Å²) < 4.78 is 5.22. The highest BCUT2D eigenvalue weighted by Gasteiger charge is 2.23. The molecule has 3 rings (SSSR count). The number of aliphatic imine (C=N–C) groups is 1.